The molecule has 1 aromatic rings. The average Bonchev–Trinajstić information content (AvgIpc) is 3.01. The van der Waals surface area contributed by atoms with Crippen LogP contribution < -0.4 is 10.6 Å². The summed E-state index contributed by atoms with van der Waals surface area (Å²) in [5.41, 5.74) is 1.83. The van der Waals surface area contributed by atoms with Crippen LogP contribution in [0.3, 0.4) is 0 Å². The Bertz CT molecular complexity index is 583. The highest BCUT2D eigenvalue weighted by Gasteiger charge is 2.29. The molecule has 1 unspecified atom stereocenters. The van der Waals surface area contributed by atoms with E-state index in [0.29, 0.717) is 16.9 Å². The van der Waals surface area contributed by atoms with Crippen LogP contribution in [0.15, 0.2) is 29.3 Å². The number of benzene rings is 1. The van der Waals surface area contributed by atoms with Crippen LogP contribution in [-0.4, -0.2) is 55.0 Å². The smallest absolute Gasteiger partial charge is 0.253 e. The van der Waals surface area contributed by atoms with Crippen LogP contribution in [0.4, 0.5) is 0 Å². The summed E-state index contributed by atoms with van der Waals surface area (Å²) < 4.78 is 0.311. The SMILES string of the molecule is CN=C(NCc1ccc(C(=O)N(C)C)cc1)NCC1(C)CCCS1.I. The van der Waals surface area contributed by atoms with Crippen molar-refractivity contribution >= 4 is 47.6 Å². The van der Waals surface area contributed by atoms with Gasteiger partial charge < -0.3 is 15.5 Å². The third-order valence-corrected chi connectivity index (χ3v) is 5.76. The van der Waals surface area contributed by atoms with Crippen molar-refractivity contribution in [1.29, 1.82) is 0 Å². The summed E-state index contributed by atoms with van der Waals surface area (Å²) in [6, 6.07) is 7.69. The number of carbonyl (C=O) groups is 1. The van der Waals surface area contributed by atoms with Gasteiger partial charge >= 0.3 is 0 Å². The predicted octanol–water partition coefficient (Wildman–Crippen LogP) is 2.96. The molecule has 0 aromatic heterocycles. The Labute approximate surface area is 172 Å². The monoisotopic (exact) mass is 476 g/mol. The number of nitrogens with zero attached hydrogens (tertiary/aromatic N) is 2. The van der Waals surface area contributed by atoms with E-state index in [9.17, 15) is 4.79 Å². The second-order valence-electron chi connectivity index (χ2n) is 6.58. The topological polar surface area (TPSA) is 56.7 Å². The number of hydrogen-bond acceptors (Lipinski definition) is 3. The third kappa shape index (κ3) is 6.69. The number of nitrogens with one attached hydrogen (secondary N) is 2. The van der Waals surface area contributed by atoms with Crippen molar-refractivity contribution in [2.45, 2.75) is 31.1 Å². The molecule has 1 aromatic carbocycles. The van der Waals surface area contributed by atoms with Crippen LogP contribution in [0.5, 0.6) is 0 Å². The number of thioether (sulfide) groups is 1. The summed E-state index contributed by atoms with van der Waals surface area (Å²) in [5, 5.41) is 6.76. The van der Waals surface area contributed by atoms with Crippen molar-refractivity contribution < 1.29 is 4.79 Å². The molecule has 0 bridgehead atoms. The lowest BCUT2D eigenvalue weighted by Crippen LogP contribution is -2.43. The molecule has 0 aliphatic carbocycles. The highest BCUT2D eigenvalue weighted by molar-refractivity contribution is 14.0. The summed E-state index contributed by atoms with van der Waals surface area (Å²) in [6.45, 7) is 3.92. The number of carbonyl (C=O) groups excluding carboxylic acids is 1. The number of amides is 1. The Morgan fingerprint density at radius 2 is 1.96 bits per heavy atom. The highest BCUT2D eigenvalue weighted by Crippen LogP contribution is 2.36. The van der Waals surface area contributed by atoms with E-state index in [1.807, 2.05) is 36.0 Å². The first-order valence-electron chi connectivity index (χ1n) is 8.32. The second kappa shape index (κ2) is 10.3. The van der Waals surface area contributed by atoms with Crippen molar-refractivity contribution in [3.63, 3.8) is 0 Å². The Balaban J connectivity index is 0.00000312. The molecule has 140 valence electrons. The third-order valence-electron chi connectivity index (χ3n) is 4.22. The first kappa shape index (κ1) is 22.1. The van der Waals surface area contributed by atoms with Gasteiger partial charge in [-0.2, -0.15) is 11.8 Å². The van der Waals surface area contributed by atoms with Gasteiger partial charge in [0.05, 0.1) is 0 Å². The predicted molar refractivity (Wildman–Crippen MR) is 118 cm³/mol. The van der Waals surface area contributed by atoms with Crippen molar-refractivity contribution in [2.24, 2.45) is 4.99 Å². The molecule has 1 fully saturated rings. The van der Waals surface area contributed by atoms with E-state index >= 15 is 0 Å². The van der Waals surface area contributed by atoms with E-state index < -0.39 is 0 Å². The van der Waals surface area contributed by atoms with E-state index in [-0.39, 0.29) is 29.9 Å². The van der Waals surface area contributed by atoms with Gasteiger partial charge in [-0.05, 0) is 43.2 Å². The van der Waals surface area contributed by atoms with Gasteiger partial charge in [0.15, 0.2) is 5.96 Å². The maximum Gasteiger partial charge on any atom is 0.253 e. The molecule has 1 heterocycles. The standard InChI is InChI=1S/C18H28N4OS.HI/c1-18(10-5-11-24-18)13-21-17(19-2)20-12-14-6-8-15(9-7-14)16(23)22(3)4;/h6-9H,5,10-13H2,1-4H3,(H2,19,20,21);1H. The van der Waals surface area contributed by atoms with Crippen LogP contribution in [0.2, 0.25) is 0 Å². The molecule has 25 heavy (non-hydrogen) atoms. The van der Waals surface area contributed by atoms with E-state index in [0.717, 1.165) is 18.1 Å². The van der Waals surface area contributed by atoms with Crippen molar-refractivity contribution in [3.05, 3.63) is 35.4 Å². The van der Waals surface area contributed by atoms with E-state index in [1.165, 1.54) is 18.6 Å². The fourth-order valence-electron chi connectivity index (χ4n) is 2.68. The van der Waals surface area contributed by atoms with Crippen molar-refractivity contribution in [2.75, 3.05) is 33.4 Å². The first-order valence-corrected chi connectivity index (χ1v) is 9.31. The molecule has 1 aliphatic heterocycles. The molecule has 0 spiro atoms. The van der Waals surface area contributed by atoms with Crippen LogP contribution in [-0.2, 0) is 6.54 Å². The quantitative estimate of drug-likeness (QED) is 0.390. The van der Waals surface area contributed by atoms with Crippen LogP contribution in [0.1, 0.15) is 35.7 Å². The number of hydrogen-bond donors (Lipinski definition) is 2. The van der Waals surface area contributed by atoms with Gasteiger partial charge in [0.25, 0.3) is 5.91 Å². The highest BCUT2D eigenvalue weighted by atomic mass is 127. The van der Waals surface area contributed by atoms with E-state index in [1.54, 1.807) is 26.0 Å². The molecule has 2 N–H and O–H groups in total. The molecule has 1 atom stereocenters. The van der Waals surface area contributed by atoms with Gasteiger partial charge in [0.2, 0.25) is 0 Å². The molecule has 1 aliphatic rings. The van der Waals surface area contributed by atoms with E-state index in [2.05, 4.69) is 22.5 Å². The molecule has 0 radical (unpaired) electrons. The number of halogens is 1. The lowest BCUT2D eigenvalue weighted by atomic mass is 10.1. The van der Waals surface area contributed by atoms with Gasteiger partial charge in [0, 0.05) is 44.5 Å². The minimum absolute atomic E-state index is 0. The van der Waals surface area contributed by atoms with Gasteiger partial charge in [-0.3, -0.25) is 9.79 Å². The van der Waals surface area contributed by atoms with Gasteiger partial charge in [-0.25, -0.2) is 0 Å². The summed E-state index contributed by atoms with van der Waals surface area (Å²) >= 11 is 2.04. The fraction of sp³-hybridized carbons (Fsp3) is 0.556. The maximum atomic E-state index is 11.9. The molecule has 0 saturated carbocycles. The Morgan fingerprint density at radius 3 is 2.48 bits per heavy atom. The van der Waals surface area contributed by atoms with Gasteiger partial charge in [-0.15, -0.1) is 24.0 Å². The minimum atomic E-state index is 0. The Kier molecular flexibility index (Phi) is 9.06. The van der Waals surface area contributed by atoms with Crippen LogP contribution >= 0.6 is 35.7 Å². The molecule has 1 amide bonds. The summed E-state index contributed by atoms with van der Waals surface area (Å²) in [7, 11) is 5.31. The van der Waals surface area contributed by atoms with Crippen LogP contribution in [0.25, 0.3) is 0 Å². The lowest BCUT2D eigenvalue weighted by molar-refractivity contribution is 0.0827. The lowest BCUT2D eigenvalue weighted by Gasteiger charge is -2.24. The van der Waals surface area contributed by atoms with Gasteiger partial charge in [0.1, 0.15) is 0 Å². The maximum absolute atomic E-state index is 11.9. The van der Waals surface area contributed by atoms with Crippen molar-refractivity contribution in [1.82, 2.24) is 15.5 Å². The zero-order valence-electron chi connectivity index (χ0n) is 15.5. The van der Waals surface area contributed by atoms with Crippen LogP contribution in [0, 0.1) is 0 Å². The fourth-order valence-corrected chi connectivity index (χ4v) is 3.92. The number of guanidine groups is 1. The molecular formula is C18H29IN4OS. The molecule has 2 rings (SSSR count). The first-order chi connectivity index (χ1) is 11.4. The Morgan fingerprint density at radius 1 is 1.28 bits per heavy atom. The number of rotatable bonds is 5. The van der Waals surface area contributed by atoms with E-state index in [4.69, 9.17) is 0 Å². The second-order valence-corrected chi connectivity index (χ2v) is 8.26. The normalized spacial score (nSPS) is 19.9. The molecule has 5 nitrogen and oxygen atoms in total. The molecule has 7 heteroatoms. The molecular weight excluding hydrogens is 447 g/mol. The summed E-state index contributed by atoms with van der Waals surface area (Å²) in [4.78, 5) is 17.8. The summed E-state index contributed by atoms with van der Waals surface area (Å²) in [6.07, 6.45) is 2.55. The largest absolute Gasteiger partial charge is 0.355 e. The molecule has 1 saturated heterocycles. The van der Waals surface area contributed by atoms with Crippen molar-refractivity contribution in [3.8, 4) is 0 Å². The van der Waals surface area contributed by atoms with Gasteiger partial charge in [-0.1, -0.05) is 12.1 Å². The number of aliphatic imine (C=N–C) groups is 1. The zero-order valence-corrected chi connectivity index (χ0v) is 18.6. The summed E-state index contributed by atoms with van der Waals surface area (Å²) in [5.74, 6) is 2.09. The zero-order chi connectivity index (χ0) is 17.6. The Hall–Kier alpha value is -0.960. The minimum Gasteiger partial charge on any atom is -0.355 e. The average molecular weight is 476 g/mol.